The first-order valence-electron chi connectivity index (χ1n) is 7.57. The normalized spacial score (nSPS) is 12.0. The Kier molecular flexibility index (Phi) is 3.67. The van der Waals surface area contributed by atoms with Gasteiger partial charge in [0.05, 0.1) is 12.9 Å². The van der Waals surface area contributed by atoms with E-state index < -0.39 is 5.69 Å². The highest BCUT2D eigenvalue weighted by molar-refractivity contribution is 5.69. The van der Waals surface area contributed by atoms with Crippen LogP contribution in [0.5, 0.6) is 0 Å². The van der Waals surface area contributed by atoms with E-state index in [2.05, 4.69) is 30.7 Å². The van der Waals surface area contributed by atoms with E-state index in [1.165, 1.54) is 4.57 Å². The van der Waals surface area contributed by atoms with Crippen LogP contribution in [-0.2, 0) is 13.1 Å². The van der Waals surface area contributed by atoms with Crippen LogP contribution in [0.25, 0.3) is 11.2 Å². The van der Waals surface area contributed by atoms with Gasteiger partial charge in [-0.25, -0.2) is 9.78 Å². The van der Waals surface area contributed by atoms with E-state index >= 15 is 0 Å². The van der Waals surface area contributed by atoms with Crippen LogP contribution in [0.15, 0.2) is 46.2 Å². The maximum atomic E-state index is 12.8. The third-order valence-corrected chi connectivity index (χ3v) is 3.58. The number of rotatable bonds is 3. The Labute approximate surface area is 133 Å². The molecule has 0 fully saturated rings. The van der Waals surface area contributed by atoms with Crippen LogP contribution in [0, 0.1) is 5.41 Å². The first-order valence-corrected chi connectivity index (χ1v) is 7.57. The fourth-order valence-electron chi connectivity index (χ4n) is 2.63. The topological polar surface area (TPSA) is 72.7 Å². The monoisotopic (exact) mass is 312 g/mol. The van der Waals surface area contributed by atoms with Crippen molar-refractivity contribution in [3.8, 4) is 0 Å². The van der Waals surface area contributed by atoms with Crippen molar-refractivity contribution in [2.24, 2.45) is 5.41 Å². The SMILES string of the molecule is CC(C)(C)Cn1cnc2[nH]c(=O)n(Cc3ccccc3)c(=O)c21. The van der Waals surface area contributed by atoms with E-state index in [1.54, 1.807) is 6.33 Å². The molecule has 120 valence electrons. The van der Waals surface area contributed by atoms with Gasteiger partial charge in [0.25, 0.3) is 5.56 Å². The number of hydrogen-bond donors (Lipinski definition) is 1. The van der Waals surface area contributed by atoms with Crippen molar-refractivity contribution in [3.05, 3.63) is 63.1 Å². The third kappa shape index (κ3) is 3.11. The molecule has 0 atom stereocenters. The highest BCUT2D eigenvalue weighted by Crippen LogP contribution is 2.18. The number of H-pyrrole nitrogens is 1. The minimum atomic E-state index is -0.438. The van der Waals surface area contributed by atoms with Crippen LogP contribution in [-0.4, -0.2) is 19.1 Å². The van der Waals surface area contributed by atoms with E-state index in [0.29, 0.717) is 17.7 Å². The Balaban J connectivity index is 2.14. The van der Waals surface area contributed by atoms with Gasteiger partial charge < -0.3 is 4.57 Å². The molecule has 2 aromatic heterocycles. The van der Waals surface area contributed by atoms with Gasteiger partial charge in [0, 0.05) is 6.54 Å². The van der Waals surface area contributed by atoms with E-state index in [0.717, 1.165) is 5.56 Å². The number of nitrogens with zero attached hydrogens (tertiary/aromatic N) is 3. The highest BCUT2D eigenvalue weighted by atomic mass is 16.2. The molecule has 0 radical (unpaired) electrons. The summed E-state index contributed by atoms with van der Waals surface area (Å²) in [6, 6.07) is 9.46. The van der Waals surface area contributed by atoms with E-state index in [1.807, 2.05) is 34.9 Å². The van der Waals surface area contributed by atoms with Crippen molar-refractivity contribution in [1.29, 1.82) is 0 Å². The lowest BCUT2D eigenvalue weighted by atomic mass is 9.97. The zero-order chi connectivity index (χ0) is 16.6. The number of benzene rings is 1. The lowest BCUT2D eigenvalue weighted by molar-refractivity contribution is 0.348. The molecule has 0 aliphatic heterocycles. The number of aromatic amines is 1. The number of imidazole rings is 1. The molecular weight excluding hydrogens is 292 g/mol. The Morgan fingerprint density at radius 2 is 1.83 bits per heavy atom. The molecule has 3 aromatic rings. The maximum Gasteiger partial charge on any atom is 0.330 e. The van der Waals surface area contributed by atoms with Crippen LogP contribution >= 0.6 is 0 Å². The molecule has 6 nitrogen and oxygen atoms in total. The van der Waals surface area contributed by atoms with Gasteiger partial charge in [-0.2, -0.15) is 0 Å². The van der Waals surface area contributed by atoms with Gasteiger partial charge >= 0.3 is 5.69 Å². The van der Waals surface area contributed by atoms with Crippen molar-refractivity contribution in [2.45, 2.75) is 33.9 Å². The second-order valence-electron chi connectivity index (χ2n) is 6.94. The molecule has 1 aromatic carbocycles. The molecule has 0 bridgehead atoms. The average Bonchev–Trinajstić information content (AvgIpc) is 2.85. The van der Waals surface area contributed by atoms with Crippen LogP contribution < -0.4 is 11.2 Å². The fourth-order valence-corrected chi connectivity index (χ4v) is 2.63. The number of aromatic nitrogens is 4. The van der Waals surface area contributed by atoms with Gasteiger partial charge in [-0.3, -0.25) is 14.3 Å². The van der Waals surface area contributed by atoms with Crippen molar-refractivity contribution >= 4 is 11.2 Å². The first-order chi connectivity index (χ1) is 10.8. The molecule has 1 N–H and O–H groups in total. The molecule has 3 rings (SSSR count). The van der Waals surface area contributed by atoms with E-state index in [-0.39, 0.29) is 17.5 Å². The molecule has 0 saturated heterocycles. The van der Waals surface area contributed by atoms with Gasteiger partial charge in [0.2, 0.25) is 0 Å². The summed E-state index contributed by atoms with van der Waals surface area (Å²) in [6.07, 6.45) is 1.61. The number of hydrogen-bond acceptors (Lipinski definition) is 3. The quantitative estimate of drug-likeness (QED) is 0.804. The lowest BCUT2D eigenvalue weighted by Crippen LogP contribution is -2.36. The van der Waals surface area contributed by atoms with Crippen LogP contribution in [0.4, 0.5) is 0 Å². The molecule has 6 heteroatoms. The van der Waals surface area contributed by atoms with Crippen molar-refractivity contribution in [2.75, 3.05) is 0 Å². The number of fused-ring (bicyclic) bond motifs is 1. The average molecular weight is 312 g/mol. The fraction of sp³-hybridized carbons (Fsp3) is 0.353. The Morgan fingerprint density at radius 3 is 2.48 bits per heavy atom. The van der Waals surface area contributed by atoms with E-state index in [4.69, 9.17) is 0 Å². The van der Waals surface area contributed by atoms with Crippen LogP contribution in [0.2, 0.25) is 0 Å². The largest absolute Gasteiger partial charge is 0.330 e. The summed E-state index contributed by atoms with van der Waals surface area (Å²) in [5.74, 6) is 0. The smallest absolute Gasteiger partial charge is 0.324 e. The van der Waals surface area contributed by atoms with Gasteiger partial charge in [0.15, 0.2) is 11.2 Å². The lowest BCUT2D eigenvalue weighted by Gasteiger charge is -2.19. The van der Waals surface area contributed by atoms with Crippen molar-refractivity contribution in [3.63, 3.8) is 0 Å². The zero-order valence-corrected chi connectivity index (χ0v) is 13.5. The third-order valence-electron chi connectivity index (χ3n) is 3.58. The summed E-state index contributed by atoms with van der Waals surface area (Å²) >= 11 is 0. The summed E-state index contributed by atoms with van der Waals surface area (Å²) in [5, 5.41) is 0. The predicted molar refractivity (Wildman–Crippen MR) is 89.6 cm³/mol. The van der Waals surface area contributed by atoms with Gasteiger partial charge in [-0.15, -0.1) is 0 Å². The molecule has 0 aliphatic rings. The van der Waals surface area contributed by atoms with Crippen molar-refractivity contribution in [1.82, 2.24) is 19.1 Å². The Bertz CT molecular complexity index is 943. The summed E-state index contributed by atoms with van der Waals surface area (Å²) in [5.41, 5.74) is 0.938. The van der Waals surface area contributed by atoms with Gasteiger partial charge in [-0.1, -0.05) is 51.1 Å². The van der Waals surface area contributed by atoms with Crippen LogP contribution in [0.1, 0.15) is 26.3 Å². The minimum Gasteiger partial charge on any atom is -0.324 e. The molecule has 0 amide bonds. The predicted octanol–water partition coefficient (Wildman–Crippen LogP) is 1.98. The molecular formula is C17H20N4O2. The molecule has 0 spiro atoms. The zero-order valence-electron chi connectivity index (χ0n) is 13.5. The minimum absolute atomic E-state index is 0.000462. The molecule has 0 saturated carbocycles. The highest BCUT2D eigenvalue weighted by Gasteiger charge is 2.17. The molecule has 23 heavy (non-hydrogen) atoms. The van der Waals surface area contributed by atoms with Crippen LogP contribution in [0.3, 0.4) is 0 Å². The van der Waals surface area contributed by atoms with Crippen molar-refractivity contribution < 1.29 is 0 Å². The Morgan fingerprint density at radius 1 is 1.13 bits per heavy atom. The standard InChI is InChI=1S/C17H20N4O2/c1-17(2,3)10-20-11-18-14-13(20)15(22)21(16(23)19-14)9-12-7-5-4-6-8-12/h4-8,11H,9-10H2,1-3H3,(H,19,23). The second kappa shape index (κ2) is 5.53. The Hall–Kier alpha value is -2.63. The van der Waals surface area contributed by atoms with Gasteiger partial charge in [-0.05, 0) is 11.0 Å². The number of nitrogens with one attached hydrogen (secondary N) is 1. The molecule has 0 aliphatic carbocycles. The second-order valence-corrected chi connectivity index (χ2v) is 6.94. The first kappa shape index (κ1) is 15.3. The van der Waals surface area contributed by atoms with Gasteiger partial charge in [0.1, 0.15) is 0 Å². The summed E-state index contributed by atoms with van der Waals surface area (Å²) in [7, 11) is 0. The summed E-state index contributed by atoms with van der Waals surface area (Å²) < 4.78 is 3.04. The summed E-state index contributed by atoms with van der Waals surface area (Å²) in [6.45, 7) is 7.16. The van der Waals surface area contributed by atoms with E-state index in [9.17, 15) is 9.59 Å². The molecule has 2 heterocycles. The maximum absolute atomic E-state index is 12.8. The summed E-state index contributed by atoms with van der Waals surface area (Å²) in [4.78, 5) is 31.9. The molecule has 0 unspecified atom stereocenters.